The Morgan fingerprint density at radius 1 is 1.48 bits per heavy atom. The second kappa shape index (κ2) is 5.99. The van der Waals surface area contributed by atoms with Crippen LogP contribution in [0.25, 0.3) is 0 Å². The molecule has 7 heteroatoms. The van der Waals surface area contributed by atoms with E-state index in [-0.39, 0.29) is 5.91 Å². The van der Waals surface area contributed by atoms with E-state index in [1.807, 2.05) is 0 Å². The van der Waals surface area contributed by atoms with E-state index >= 15 is 0 Å². The van der Waals surface area contributed by atoms with Crippen LogP contribution in [0.4, 0.5) is 5.13 Å². The Labute approximate surface area is 131 Å². The molecule has 1 heterocycles. The van der Waals surface area contributed by atoms with Gasteiger partial charge in [-0.2, -0.15) is 0 Å². The van der Waals surface area contributed by atoms with E-state index in [4.69, 9.17) is 16.3 Å². The van der Waals surface area contributed by atoms with Gasteiger partial charge in [0.1, 0.15) is 10.8 Å². The highest BCUT2D eigenvalue weighted by molar-refractivity contribution is 7.15. The van der Waals surface area contributed by atoms with Gasteiger partial charge in [0.2, 0.25) is 5.13 Å². The number of ether oxygens (including phenoxy) is 1. The van der Waals surface area contributed by atoms with Crippen molar-refractivity contribution in [2.45, 2.75) is 31.8 Å². The SMILES string of the molecule is CC(Oc1cccc(Cl)c1)C(=O)Nc1nnc(C2CC2)s1. The third kappa shape index (κ3) is 3.71. The quantitative estimate of drug-likeness (QED) is 0.915. The number of hydrogen-bond acceptors (Lipinski definition) is 5. The van der Waals surface area contributed by atoms with Gasteiger partial charge in [-0.05, 0) is 38.0 Å². The van der Waals surface area contributed by atoms with Gasteiger partial charge in [-0.1, -0.05) is 29.0 Å². The van der Waals surface area contributed by atoms with Gasteiger partial charge >= 0.3 is 0 Å². The topological polar surface area (TPSA) is 64.1 Å². The number of hydrogen-bond donors (Lipinski definition) is 1. The minimum atomic E-state index is -0.642. The van der Waals surface area contributed by atoms with Gasteiger partial charge < -0.3 is 4.74 Å². The highest BCUT2D eigenvalue weighted by Gasteiger charge is 2.28. The number of anilines is 1. The lowest BCUT2D eigenvalue weighted by atomic mass is 10.3. The Morgan fingerprint density at radius 2 is 2.29 bits per heavy atom. The summed E-state index contributed by atoms with van der Waals surface area (Å²) < 4.78 is 5.56. The Morgan fingerprint density at radius 3 is 3.00 bits per heavy atom. The summed E-state index contributed by atoms with van der Waals surface area (Å²) in [6, 6.07) is 6.95. The zero-order valence-electron chi connectivity index (χ0n) is 11.4. The van der Waals surface area contributed by atoms with Gasteiger partial charge in [-0.3, -0.25) is 10.1 Å². The van der Waals surface area contributed by atoms with Gasteiger partial charge in [-0.25, -0.2) is 0 Å². The van der Waals surface area contributed by atoms with Gasteiger partial charge in [0, 0.05) is 10.9 Å². The van der Waals surface area contributed by atoms with Crippen LogP contribution < -0.4 is 10.1 Å². The van der Waals surface area contributed by atoms with Crippen LogP contribution in [0.2, 0.25) is 5.02 Å². The molecule has 2 aromatic rings. The lowest BCUT2D eigenvalue weighted by Gasteiger charge is -2.13. The number of halogens is 1. The third-order valence-corrected chi connectivity index (χ3v) is 4.31. The average Bonchev–Trinajstić information content (AvgIpc) is 3.19. The predicted octanol–water partition coefficient (Wildman–Crippen LogP) is 3.47. The fourth-order valence-corrected chi connectivity index (χ4v) is 2.88. The average molecular weight is 324 g/mol. The van der Waals surface area contributed by atoms with Crippen LogP contribution >= 0.6 is 22.9 Å². The molecule has 1 amide bonds. The van der Waals surface area contributed by atoms with Gasteiger partial charge in [0.05, 0.1) is 0 Å². The van der Waals surface area contributed by atoms with Crippen molar-refractivity contribution in [1.82, 2.24) is 10.2 Å². The van der Waals surface area contributed by atoms with Gasteiger partial charge in [0.15, 0.2) is 6.10 Å². The summed E-state index contributed by atoms with van der Waals surface area (Å²) in [6.45, 7) is 1.68. The molecule has 0 radical (unpaired) electrons. The molecule has 3 rings (SSSR count). The third-order valence-electron chi connectivity index (χ3n) is 3.08. The molecule has 1 aliphatic rings. The molecule has 1 atom stereocenters. The van der Waals surface area contributed by atoms with Crippen molar-refractivity contribution in [2.75, 3.05) is 5.32 Å². The number of rotatable bonds is 5. The summed E-state index contributed by atoms with van der Waals surface area (Å²) in [6.07, 6.45) is 1.69. The first-order chi connectivity index (χ1) is 10.1. The Hall–Kier alpha value is -1.66. The largest absolute Gasteiger partial charge is 0.481 e. The maximum absolute atomic E-state index is 12.1. The van der Waals surface area contributed by atoms with Crippen molar-refractivity contribution in [1.29, 1.82) is 0 Å². The van der Waals surface area contributed by atoms with Crippen LogP contribution in [0.5, 0.6) is 5.75 Å². The molecule has 110 valence electrons. The number of carbonyl (C=O) groups excluding carboxylic acids is 1. The summed E-state index contributed by atoms with van der Waals surface area (Å²) in [5.74, 6) is 0.836. The van der Waals surface area contributed by atoms with Gasteiger partial charge in [0.25, 0.3) is 5.91 Å². The zero-order valence-corrected chi connectivity index (χ0v) is 12.9. The fraction of sp³-hybridized carbons (Fsp3) is 0.357. The molecule has 0 spiro atoms. The lowest BCUT2D eigenvalue weighted by molar-refractivity contribution is -0.122. The molecule has 0 bridgehead atoms. The van der Waals surface area contributed by atoms with Crippen molar-refractivity contribution in [2.24, 2.45) is 0 Å². The van der Waals surface area contributed by atoms with E-state index in [1.165, 1.54) is 11.3 Å². The second-order valence-electron chi connectivity index (χ2n) is 4.93. The van der Waals surface area contributed by atoms with E-state index in [1.54, 1.807) is 31.2 Å². The highest BCUT2D eigenvalue weighted by Crippen LogP contribution is 2.42. The first kappa shape index (κ1) is 14.3. The maximum atomic E-state index is 12.1. The summed E-state index contributed by atoms with van der Waals surface area (Å²) in [5, 5.41) is 12.9. The van der Waals surface area contributed by atoms with Gasteiger partial charge in [-0.15, -0.1) is 10.2 Å². The van der Waals surface area contributed by atoms with Crippen molar-refractivity contribution in [3.05, 3.63) is 34.3 Å². The molecule has 1 N–H and O–H groups in total. The van der Waals surface area contributed by atoms with Crippen LogP contribution in [0.3, 0.4) is 0 Å². The maximum Gasteiger partial charge on any atom is 0.266 e. The summed E-state index contributed by atoms with van der Waals surface area (Å²) in [7, 11) is 0. The number of benzene rings is 1. The number of nitrogens with one attached hydrogen (secondary N) is 1. The monoisotopic (exact) mass is 323 g/mol. The standard InChI is InChI=1S/C14H14ClN3O2S/c1-8(20-11-4-2-3-10(15)7-11)12(19)16-14-18-17-13(21-14)9-5-6-9/h2-4,7-9H,5-6H2,1H3,(H,16,18,19). The van der Waals surface area contributed by atoms with Crippen LogP contribution in [0.1, 0.15) is 30.7 Å². The normalized spacial score (nSPS) is 15.5. The molecule has 0 aliphatic heterocycles. The predicted molar refractivity (Wildman–Crippen MR) is 82.1 cm³/mol. The Balaban J connectivity index is 1.58. The Kier molecular flexibility index (Phi) is 4.07. The summed E-state index contributed by atoms with van der Waals surface area (Å²) >= 11 is 7.31. The molecule has 1 fully saturated rings. The van der Waals surface area contributed by atoms with Crippen LogP contribution in [-0.2, 0) is 4.79 Å². The van der Waals surface area contributed by atoms with E-state index < -0.39 is 6.10 Å². The smallest absolute Gasteiger partial charge is 0.266 e. The lowest BCUT2D eigenvalue weighted by Crippen LogP contribution is -2.30. The van der Waals surface area contributed by atoms with E-state index in [0.717, 1.165) is 17.8 Å². The Bertz CT molecular complexity index is 657. The van der Waals surface area contributed by atoms with Crippen LogP contribution in [-0.4, -0.2) is 22.2 Å². The van der Waals surface area contributed by atoms with E-state index in [9.17, 15) is 4.79 Å². The number of nitrogens with zero attached hydrogens (tertiary/aromatic N) is 2. The van der Waals surface area contributed by atoms with E-state index in [2.05, 4.69) is 15.5 Å². The minimum absolute atomic E-state index is 0.256. The molecular formula is C14H14ClN3O2S. The number of amides is 1. The highest BCUT2D eigenvalue weighted by atomic mass is 35.5. The molecule has 21 heavy (non-hydrogen) atoms. The molecular weight excluding hydrogens is 310 g/mol. The molecule has 0 saturated heterocycles. The number of aromatic nitrogens is 2. The molecule has 1 unspecified atom stereocenters. The van der Waals surface area contributed by atoms with Crippen molar-refractivity contribution < 1.29 is 9.53 Å². The fourth-order valence-electron chi connectivity index (χ4n) is 1.79. The minimum Gasteiger partial charge on any atom is -0.481 e. The van der Waals surface area contributed by atoms with Crippen molar-refractivity contribution in [3.8, 4) is 5.75 Å². The number of carbonyl (C=O) groups is 1. The molecule has 1 aromatic carbocycles. The van der Waals surface area contributed by atoms with Crippen LogP contribution in [0.15, 0.2) is 24.3 Å². The first-order valence-electron chi connectivity index (χ1n) is 6.68. The van der Waals surface area contributed by atoms with Crippen molar-refractivity contribution in [3.63, 3.8) is 0 Å². The molecule has 1 aromatic heterocycles. The summed E-state index contributed by atoms with van der Waals surface area (Å²) in [5.41, 5.74) is 0. The first-order valence-corrected chi connectivity index (χ1v) is 7.88. The second-order valence-corrected chi connectivity index (χ2v) is 6.37. The van der Waals surface area contributed by atoms with Crippen molar-refractivity contribution >= 4 is 34.0 Å². The van der Waals surface area contributed by atoms with Crippen LogP contribution in [0, 0.1) is 0 Å². The summed E-state index contributed by atoms with van der Waals surface area (Å²) in [4.78, 5) is 12.1. The molecule has 5 nitrogen and oxygen atoms in total. The molecule has 1 aliphatic carbocycles. The van der Waals surface area contributed by atoms with E-state index in [0.29, 0.717) is 21.8 Å². The molecule has 1 saturated carbocycles. The zero-order chi connectivity index (χ0) is 14.8.